The number of ether oxygens (including phenoxy) is 1. The Morgan fingerprint density at radius 2 is 2.07 bits per heavy atom. The number of hydrogen-bond donors (Lipinski definition) is 1. The largest absolute Gasteiger partial charge is 0.488 e. The van der Waals surface area contributed by atoms with E-state index in [0.717, 1.165) is 18.4 Å². The maximum Gasteiger partial charge on any atom is 0.244 e. The molecule has 2 fully saturated rings. The van der Waals surface area contributed by atoms with Gasteiger partial charge in [-0.2, -0.15) is 5.10 Å². The summed E-state index contributed by atoms with van der Waals surface area (Å²) in [5.41, 5.74) is 4.56. The molecule has 0 radical (unpaired) electrons. The minimum atomic E-state index is 0.0130. The minimum Gasteiger partial charge on any atom is -0.488 e. The summed E-state index contributed by atoms with van der Waals surface area (Å²) in [5, 5.41) is 5.42. The molecule has 1 amide bonds. The second kappa shape index (κ2) is 8.37. The molecular weight excluding hydrogens is 407 g/mol. The molecule has 4 nitrogen and oxygen atoms in total. The van der Waals surface area contributed by atoms with E-state index in [4.69, 9.17) is 27.9 Å². The topological polar surface area (TPSA) is 50.7 Å². The third kappa shape index (κ3) is 4.44. The van der Waals surface area contributed by atoms with Gasteiger partial charge in [0.2, 0.25) is 5.91 Å². The predicted molar refractivity (Wildman–Crippen MR) is 117 cm³/mol. The maximum absolute atomic E-state index is 12.6. The third-order valence-electron chi connectivity index (χ3n) is 6.25. The molecule has 0 aliphatic heterocycles. The Bertz CT molecular complexity index is 946. The van der Waals surface area contributed by atoms with Crippen LogP contribution in [0.25, 0.3) is 0 Å². The van der Waals surface area contributed by atoms with Crippen LogP contribution in [-0.2, 0) is 11.4 Å². The fraction of sp³-hybridized carbons (Fsp3) is 0.391. The van der Waals surface area contributed by atoms with E-state index < -0.39 is 0 Å². The van der Waals surface area contributed by atoms with Gasteiger partial charge in [0.05, 0.1) is 6.21 Å². The van der Waals surface area contributed by atoms with Crippen molar-refractivity contribution in [2.75, 3.05) is 0 Å². The van der Waals surface area contributed by atoms with Crippen molar-refractivity contribution < 1.29 is 9.53 Å². The molecule has 0 unspecified atom stereocenters. The summed E-state index contributed by atoms with van der Waals surface area (Å²) in [7, 11) is 0. The van der Waals surface area contributed by atoms with Gasteiger partial charge in [0.1, 0.15) is 12.4 Å². The standard InChI is InChI=1S/C23H24Cl2N2O2/c1-23-10-3-2-7-19(23)21(23)22(28)27-26-13-16-12-18(25)8-9-20(16)29-14-15-5-4-6-17(24)11-15/h4-6,8-9,11-13,19,21H,2-3,7,10,14H2,1H3,(H,27,28)/b26-13-/t19-,21-,23+/m1/s1. The van der Waals surface area contributed by atoms with Gasteiger partial charge in [-0.15, -0.1) is 0 Å². The van der Waals surface area contributed by atoms with Crippen molar-refractivity contribution in [1.29, 1.82) is 0 Å². The van der Waals surface area contributed by atoms with Gasteiger partial charge in [-0.05, 0) is 60.1 Å². The van der Waals surface area contributed by atoms with E-state index in [-0.39, 0.29) is 17.2 Å². The zero-order valence-electron chi connectivity index (χ0n) is 16.3. The van der Waals surface area contributed by atoms with E-state index in [2.05, 4.69) is 17.5 Å². The molecule has 2 saturated carbocycles. The van der Waals surface area contributed by atoms with Crippen molar-refractivity contribution in [2.24, 2.45) is 22.4 Å². The number of carbonyl (C=O) groups is 1. The fourth-order valence-electron chi connectivity index (χ4n) is 4.62. The normalized spacial score (nSPS) is 25.5. The highest BCUT2D eigenvalue weighted by atomic mass is 35.5. The molecule has 29 heavy (non-hydrogen) atoms. The van der Waals surface area contributed by atoms with Gasteiger partial charge in [-0.25, -0.2) is 5.43 Å². The Kier molecular flexibility index (Phi) is 5.84. The quantitative estimate of drug-likeness (QED) is 0.461. The van der Waals surface area contributed by atoms with E-state index in [1.54, 1.807) is 24.4 Å². The van der Waals surface area contributed by atoms with Crippen molar-refractivity contribution in [3.8, 4) is 5.75 Å². The fourth-order valence-corrected chi connectivity index (χ4v) is 5.02. The van der Waals surface area contributed by atoms with Crippen molar-refractivity contribution in [3.05, 3.63) is 63.6 Å². The van der Waals surface area contributed by atoms with E-state index >= 15 is 0 Å². The summed E-state index contributed by atoms with van der Waals surface area (Å²) in [6, 6.07) is 12.9. The molecule has 6 heteroatoms. The molecule has 0 aromatic heterocycles. The molecule has 0 spiro atoms. The monoisotopic (exact) mass is 430 g/mol. The van der Waals surface area contributed by atoms with E-state index in [9.17, 15) is 4.79 Å². The molecule has 152 valence electrons. The zero-order chi connectivity index (χ0) is 20.4. The molecule has 3 atom stereocenters. The number of hydrogen-bond acceptors (Lipinski definition) is 3. The van der Waals surface area contributed by atoms with Gasteiger partial charge < -0.3 is 4.74 Å². The minimum absolute atomic E-state index is 0.0130. The van der Waals surface area contributed by atoms with Gasteiger partial charge in [-0.3, -0.25) is 4.79 Å². The van der Waals surface area contributed by atoms with Gasteiger partial charge in [0, 0.05) is 21.5 Å². The van der Waals surface area contributed by atoms with E-state index in [1.807, 2.05) is 24.3 Å². The first kappa shape index (κ1) is 20.2. The Balaban J connectivity index is 1.40. The van der Waals surface area contributed by atoms with Crippen LogP contribution in [0.1, 0.15) is 43.7 Å². The molecule has 0 bridgehead atoms. The van der Waals surface area contributed by atoms with Crippen LogP contribution >= 0.6 is 23.2 Å². The second-order valence-corrected chi connectivity index (χ2v) is 9.04. The highest BCUT2D eigenvalue weighted by molar-refractivity contribution is 6.31. The molecule has 1 N–H and O–H groups in total. The molecule has 4 rings (SSSR count). The zero-order valence-corrected chi connectivity index (χ0v) is 17.8. The highest BCUT2D eigenvalue weighted by Crippen LogP contribution is 2.66. The summed E-state index contributed by atoms with van der Waals surface area (Å²) in [6.07, 6.45) is 6.31. The van der Waals surface area contributed by atoms with Crippen molar-refractivity contribution in [2.45, 2.75) is 39.2 Å². The van der Waals surface area contributed by atoms with Crippen molar-refractivity contribution >= 4 is 35.3 Å². The first-order valence-corrected chi connectivity index (χ1v) is 10.7. The number of hydrazone groups is 1. The van der Waals surface area contributed by atoms with Crippen LogP contribution in [0.5, 0.6) is 5.75 Å². The summed E-state index contributed by atoms with van der Waals surface area (Å²) >= 11 is 12.2. The van der Waals surface area contributed by atoms with Crippen LogP contribution in [0.15, 0.2) is 47.6 Å². The summed E-state index contributed by atoms with van der Waals surface area (Å²) < 4.78 is 5.92. The molecule has 0 heterocycles. The molecule has 2 aliphatic rings. The molecule has 2 aliphatic carbocycles. The first-order chi connectivity index (χ1) is 14.0. The highest BCUT2D eigenvalue weighted by Gasteiger charge is 2.64. The number of nitrogens with one attached hydrogen (secondary N) is 1. The Morgan fingerprint density at radius 3 is 2.83 bits per heavy atom. The average Bonchev–Trinajstić information content (AvgIpc) is 3.33. The van der Waals surface area contributed by atoms with Crippen LogP contribution in [0, 0.1) is 17.3 Å². The molecular formula is C23H24Cl2N2O2. The summed E-state index contributed by atoms with van der Waals surface area (Å²) in [4.78, 5) is 12.6. The lowest BCUT2D eigenvalue weighted by Gasteiger charge is -2.15. The number of halogens is 2. The second-order valence-electron chi connectivity index (χ2n) is 8.17. The smallest absolute Gasteiger partial charge is 0.244 e. The number of carbonyl (C=O) groups excluding carboxylic acids is 1. The van der Waals surface area contributed by atoms with Gasteiger partial charge in [-0.1, -0.05) is 55.1 Å². The Labute approximate surface area is 181 Å². The lowest BCUT2D eigenvalue weighted by molar-refractivity contribution is -0.123. The maximum atomic E-state index is 12.6. The lowest BCUT2D eigenvalue weighted by atomic mass is 9.90. The van der Waals surface area contributed by atoms with Crippen LogP contribution in [0.3, 0.4) is 0 Å². The molecule has 0 saturated heterocycles. The summed E-state index contributed by atoms with van der Waals surface area (Å²) in [5.74, 6) is 1.24. The SMILES string of the molecule is C[C@]12CCCC[C@@H]1[C@@H]2C(=O)N/N=C\c1cc(Cl)ccc1OCc1cccc(Cl)c1. The Hall–Kier alpha value is -2.04. The number of nitrogens with zero attached hydrogens (tertiary/aromatic N) is 1. The lowest BCUT2D eigenvalue weighted by Crippen LogP contribution is -2.22. The van der Waals surface area contributed by atoms with E-state index in [1.165, 1.54) is 12.8 Å². The number of benzene rings is 2. The van der Waals surface area contributed by atoms with Gasteiger partial charge in [0.15, 0.2) is 0 Å². The van der Waals surface area contributed by atoms with Gasteiger partial charge >= 0.3 is 0 Å². The van der Waals surface area contributed by atoms with Crippen LogP contribution in [0.4, 0.5) is 0 Å². The van der Waals surface area contributed by atoms with Crippen LogP contribution < -0.4 is 10.2 Å². The van der Waals surface area contributed by atoms with Gasteiger partial charge in [0.25, 0.3) is 0 Å². The molecule has 2 aromatic carbocycles. The predicted octanol–water partition coefficient (Wildman–Crippen LogP) is 5.85. The van der Waals surface area contributed by atoms with Crippen LogP contribution in [-0.4, -0.2) is 12.1 Å². The average molecular weight is 431 g/mol. The molecule has 2 aromatic rings. The number of rotatable bonds is 6. The van der Waals surface area contributed by atoms with Crippen LogP contribution in [0.2, 0.25) is 10.0 Å². The van der Waals surface area contributed by atoms with E-state index in [0.29, 0.717) is 33.9 Å². The number of fused-ring (bicyclic) bond motifs is 1. The van der Waals surface area contributed by atoms with Crippen molar-refractivity contribution in [3.63, 3.8) is 0 Å². The number of amides is 1. The summed E-state index contributed by atoms with van der Waals surface area (Å²) in [6.45, 7) is 2.60. The first-order valence-electron chi connectivity index (χ1n) is 9.97. The van der Waals surface area contributed by atoms with Crippen molar-refractivity contribution in [1.82, 2.24) is 5.43 Å². The Morgan fingerprint density at radius 1 is 1.24 bits per heavy atom. The third-order valence-corrected chi connectivity index (χ3v) is 6.72.